The van der Waals surface area contributed by atoms with Gasteiger partial charge in [0.1, 0.15) is 11.9 Å². The Labute approximate surface area is 175 Å². The molecule has 2 saturated heterocycles. The Morgan fingerprint density at radius 2 is 2.07 bits per heavy atom. The van der Waals surface area contributed by atoms with E-state index in [4.69, 9.17) is 5.73 Å². The van der Waals surface area contributed by atoms with Gasteiger partial charge in [0.15, 0.2) is 0 Å². The second-order valence-corrected chi connectivity index (χ2v) is 8.67. The number of hydrogen-bond acceptors (Lipinski definition) is 5. The molecule has 7 nitrogen and oxygen atoms in total. The van der Waals surface area contributed by atoms with Crippen molar-refractivity contribution in [2.24, 2.45) is 11.7 Å². The van der Waals surface area contributed by atoms with Crippen molar-refractivity contribution in [3.63, 3.8) is 0 Å². The van der Waals surface area contributed by atoms with Crippen LogP contribution in [0.5, 0.6) is 0 Å². The SMILES string of the molecule is CC(C)C1CC(C(=O)N2CCCC(c3nc4ccc(F)cc4cc3C(N)=O)C2)NN1. The van der Waals surface area contributed by atoms with Crippen LogP contribution in [0.1, 0.15) is 55.1 Å². The highest BCUT2D eigenvalue weighted by molar-refractivity contribution is 5.98. The van der Waals surface area contributed by atoms with Crippen molar-refractivity contribution < 1.29 is 14.0 Å². The lowest BCUT2D eigenvalue weighted by Crippen LogP contribution is -2.49. The first-order valence-electron chi connectivity index (χ1n) is 10.5. The number of nitrogens with zero attached hydrogens (tertiary/aromatic N) is 2. The summed E-state index contributed by atoms with van der Waals surface area (Å²) < 4.78 is 13.6. The van der Waals surface area contributed by atoms with Crippen LogP contribution in [0.4, 0.5) is 4.39 Å². The lowest BCUT2D eigenvalue weighted by Gasteiger charge is -2.34. The first-order chi connectivity index (χ1) is 14.3. The highest BCUT2D eigenvalue weighted by atomic mass is 19.1. The number of halogens is 1. The molecule has 8 heteroatoms. The standard InChI is InChI=1S/C22H28FN5O2/c1-12(2)18-10-19(27-26-18)22(30)28-7-3-4-13(11-28)20-16(21(24)29)9-14-8-15(23)5-6-17(14)25-20/h5-6,8-9,12-13,18-19,26-27H,3-4,7,10-11H2,1-2H3,(H2,24,29). The average Bonchev–Trinajstić information content (AvgIpc) is 3.23. The van der Waals surface area contributed by atoms with E-state index in [-0.39, 0.29) is 29.7 Å². The highest BCUT2D eigenvalue weighted by Gasteiger charge is 2.36. The molecule has 4 rings (SSSR count). The van der Waals surface area contributed by atoms with Gasteiger partial charge in [0.2, 0.25) is 5.91 Å². The van der Waals surface area contributed by atoms with Crippen molar-refractivity contribution in [1.82, 2.24) is 20.7 Å². The van der Waals surface area contributed by atoms with Gasteiger partial charge in [-0.25, -0.2) is 9.82 Å². The minimum absolute atomic E-state index is 0.0684. The number of rotatable bonds is 4. The van der Waals surface area contributed by atoms with Crippen LogP contribution in [-0.2, 0) is 4.79 Å². The van der Waals surface area contributed by atoms with Crippen LogP contribution in [0.3, 0.4) is 0 Å². The molecular formula is C22H28FN5O2. The quantitative estimate of drug-likeness (QED) is 0.713. The summed E-state index contributed by atoms with van der Waals surface area (Å²) in [5.74, 6) is -0.559. The smallest absolute Gasteiger partial charge is 0.250 e. The number of hydrazine groups is 1. The second-order valence-electron chi connectivity index (χ2n) is 8.67. The van der Waals surface area contributed by atoms with Crippen LogP contribution in [0.25, 0.3) is 10.9 Å². The molecule has 1 aromatic heterocycles. The van der Waals surface area contributed by atoms with Crippen molar-refractivity contribution in [2.75, 3.05) is 13.1 Å². The van der Waals surface area contributed by atoms with Crippen LogP contribution >= 0.6 is 0 Å². The number of aromatic nitrogens is 1. The number of primary amides is 1. The molecule has 0 aliphatic carbocycles. The van der Waals surface area contributed by atoms with Crippen LogP contribution in [0.2, 0.25) is 0 Å². The number of carbonyl (C=O) groups excluding carboxylic acids is 2. The number of hydrogen-bond donors (Lipinski definition) is 3. The number of benzene rings is 1. The minimum atomic E-state index is -0.589. The van der Waals surface area contributed by atoms with Gasteiger partial charge < -0.3 is 10.6 Å². The first-order valence-corrected chi connectivity index (χ1v) is 10.5. The van der Waals surface area contributed by atoms with E-state index in [9.17, 15) is 14.0 Å². The number of carbonyl (C=O) groups is 2. The molecule has 160 valence electrons. The Kier molecular flexibility index (Phi) is 5.71. The highest BCUT2D eigenvalue weighted by Crippen LogP contribution is 2.31. The van der Waals surface area contributed by atoms with Gasteiger partial charge in [-0.1, -0.05) is 13.8 Å². The monoisotopic (exact) mass is 413 g/mol. The van der Waals surface area contributed by atoms with Crippen LogP contribution < -0.4 is 16.6 Å². The topological polar surface area (TPSA) is 100 Å². The van der Waals surface area contributed by atoms with Gasteiger partial charge in [0, 0.05) is 30.4 Å². The van der Waals surface area contributed by atoms with Gasteiger partial charge in [-0.2, -0.15) is 0 Å². The van der Waals surface area contributed by atoms with Crippen molar-refractivity contribution in [2.45, 2.75) is 51.1 Å². The van der Waals surface area contributed by atoms with Gasteiger partial charge in [-0.3, -0.25) is 20.0 Å². The van der Waals surface area contributed by atoms with Gasteiger partial charge in [0.25, 0.3) is 5.91 Å². The lowest BCUT2D eigenvalue weighted by molar-refractivity contribution is -0.134. The fraction of sp³-hybridized carbons (Fsp3) is 0.500. The third-order valence-corrected chi connectivity index (χ3v) is 6.23. The van der Waals surface area contributed by atoms with E-state index in [1.807, 2.05) is 4.90 Å². The molecule has 0 spiro atoms. The van der Waals surface area contributed by atoms with E-state index in [1.165, 1.54) is 12.1 Å². The maximum atomic E-state index is 13.6. The molecular weight excluding hydrogens is 385 g/mol. The summed E-state index contributed by atoms with van der Waals surface area (Å²) in [5.41, 5.74) is 13.5. The Balaban J connectivity index is 1.58. The van der Waals surface area contributed by atoms with E-state index < -0.39 is 5.91 Å². The number of likely N-dealkylation sites (tertiary alicyclic amines) is 1. The largest absolute Gasteiger partial charge is 0.366 e. The van der Waals surface area contributed by atoms with Gasteiger partial charge in [0.05, 0.1) is 16.8 Å². The molecule has 30 heavy (non-hydrogen) atoms. The average molecular weight is 413 g/mol. The molecule has 0 radical (unpaired) electrons. The molecule has 2 aromatic rings. The summed E-state index contributed by atoms with van der Waals surface area (Å²) in [4.78, 5) is 31.7. The second kappa shape index (κ2) is 8.28. The van der Waals surface area contributed by atoms with E-state index in [0.29, 0.717) is 41.2 Å². The molecule has 2 aliphatic rings. The number of piperidine rings is 1. The fourth-order valence-corrected chi connectivity index (χ4v) is 4.47. The summed E-state index contributed by atoms with van der Waals surface area (Å²) in [7, 11) is 0. The summed E-state index contributed by atoms with van der Waals surface area (Å²) in [6, 6.07) is 5.93. The predicted molar refractivity (Wildman–Crippen MR) is 112 cm³/mol. The molecule has 2 amide bonds. The van der Waals surface area contributed by atoms with Gasteiger partial charge >= 0.3 is 0 Å². The molecule has 1 aromatic carbocycles. The van der Waals surface area contributed by atoms with E-state index in [2.05, 4.69) is 29.7 Å². The molecule has 3 unspecified atom stereocenters. The van der Waals surface area contributed by atoms with Crippen molar-refractivity contribution in [3.05, 3.63) is 41.3 Å². The normalized spacial score (nSPS) is 24.5. The summed E-state index contributed by atoms with van der Waals surface area (Å²) in [6.45, 7) is 5.44. The van der Waals surface area contributed by atoms with Gasteiger partial charge in [-0.15, -0.1) is 0 Å². The summed E-state index contributed by atoms with van der Waals surface area (Å²) in [6.07, 6.45) is 2.39. The third-order valence-electron chi connectivity index (χ3n) is 6.23. The molecule has 0 bridgehead atoms. The zero-order valence-corrected chi connectivity index (χ0v) is 17.3. The lowest BCUT2D eigenvalue weighted by atomic mass is 9.90. The maximum absolute atomic E-state index is 13.6. The first kappa shape index (κ1) is 20.7. The fourth-order valence-electron chi connectivity index (χ4n) is 4.47. The van der Waals surface area contributed by atoms with Crippen molar-refractivity contribution in [1.29, 1.82) is 0 Å². The summed E-state index contributed by atoms with van der Waals surface area (Å²) in [5, 5.41) is 0.539. The Morgan fingerprint density at radius 3 is 2.77 bits per heavy atom. The third kappa shape index (κ3) is 4.02. The Bertz CT molecular complexity index is 979. The number of nitrogens with one attached hydrogen (secondary N) is 2. The minimum Gasteiger partial charge on any atom is -0.366 e. The number of nitrogens with two attached hydrogens (primary N) is 1. The molecule has 4 N–H and O–H groups in total. The van der Waals surface area contributed by atoms with Crippen LogP contribution in [0, 0.1) is 11.7 Å². The molecule has 2 aliphatic heterocycles. The summed E-state index contributed by atoms with van der Waals surface area (Å²) >= 11 is 0. The van der Waals surface area contributed by atoms with Crippen molar-refractivity contribution in [3.8, 4) is 0 Å². The van der Waals surface area contributed by atoms with E-state index in [1.54, 1.807) is 12.1 Å². The van der Waals surface area contributed by atoms with E-state index >= 15 is 0 Å². The van der Waals surface area contributed by atoms with Crippen molar-refractivity contribution >= 4 is 22.7 Å². The number of amides is 2. The molecule has 3 atom stereocenters. The Hall–Kier alpha value is -2.58. The zero-order chi connectivity index (χ0) is 21.4. The van der Waals surface area contributed by atoms with E-state index in [0.717, 1.165) is 19.3 Å². The van der Waals surface area contributed by atoms with Crippen LogP contribution in [-0.4, -0.2) is 46.9 Å². The Morgan fingerprint density at radius 1 is 1.27 bits per heavy atom. The maximum Gasteiger partial charge on any atom is 0.250 e. The van der Waals surface area contributed by atoms with Gasteiger partial charge in [-0.05, 0) is 49.4 Å². The molecule has 2 fully saturated rings. The molecule has 0 saturated carbocycles. The molecule has 3 heterocycles. The van der Waals surface area contributed by atoms with Crippen LogP contribution in [0.15, 0.2) is 24.3 Å². The zero-order valence-electron chi connectivity index (χ0n) is 17.3. The number of fused-ring (bicyclic) bond motifs is 1. The number of pyridine rings is 1. The predicted octanol–water partition coefficient (Wildman–Crippen LogP) is 2.07.